The zero-order valence-electron chi connectivity index (χ0n) is 19.5. The van der Waals surface area contributed by atoms with Gasteiger partial charge in [-0.3, -0.25) is 18.9 Å². The molecule has 1 aliphatic heterocycles. The van der Waals surface area contributed by atoms with Crippen molar-refractivity contribution in [2.45, 2.75) is 19.8 Å². The number of rotatable bonds is 9. The van der Waals surface area contributed by atoms with Crippen molar-refractivity contribution < 1.29 is 14.6 Å². The van der Waals surface area contributed by atoms with Crippen LogP contribution in [0.5, 0.6) is 5.75 Å². The second-order valence-corrected chi connectivity index (χ2v) is 9.68. The van der Waals surface area contributed by atoms with E-state index in [2.05, 4.69) is 10.3 Å². The number of pyridine rings is 1. The molecule has 1 amide bonds. The number of ether oxygens (including phenoxy) is 1. The fourth-order valence-corrected chi connectivity index (χ4v) is 5.01. The summed E-state index contributed by atoms with van der Waals surface area (Å²) >= 11 is 6.65. The van der Waals surface area contributed by atoms with Gasteiger partial charge >= 0.3 is 0 Å². The van der Waals surface area contributed by atoms with Gasteiger partial charge in [0.15, 0.2) is 0 Å². The van der Waals surface area contributed by atoms with Crippen molar-refractivity contribution in [1.29, 1.82) is 0 Å². The summed E-state index contributed by atoms with van der Waals surface area (Å²) < 4.78 is 7.12. The van der Waals surface area contributed by atoms with E-state index in [0.29, 0.717) is 46.6 Å². The minimum absolute atomic E-state index is 0.0147. The number of thioether (sulfide) groups is 1. The van der Waals surface area contributed by atoms with Crippen LogP contribution in [0.1, 0.15) is 23.1 Å². The number of hydrogen-bond donors (Lipinski definition) is 2. The third kappa shape index (κ3) is 5.39. The maximum Gasteiger partial charge on any atom is 0.267 e. The molecule has 1 fully saturated rings. The Hall–Kier alpha value is -3.21. The van der Waals surface area contributed by atoms with Crippen LogP contribution in [0.3, 0.4) is 0 Å². The van der Waals surface area contributed by atoms with Gasteiger partial charge in [0.1, 0.15) is 21.5 Å². The highest BCUT2D eigenvalue weighted by atomic mass is 32.2. The molecule has 1 aliphatic rings. The molecule has 3 heterocycles. The molecule has 3 aromatic rings. The van der Waals surface area contributed by atoms with Crippen LogP contribution in [0, 0.1) is 6.92 Å². The molecule has 0 atom stereocenters. The van der Waals surface area contributed by atoms with E-state index >= 15 is 0 Å². The Morgan fingerprint density at radius 1 is 1.23 bits per heavy atom. The van der Waals surface area contributed by atoms with Crippen LogP contribution < -0.4 is 15.6 Å². The molecule has 182 valence electrons. The number of hydrogen-bond acceptors (Lipinski definition) is 8. The van der Waals surface area contributed by atoms with Crippen LogP contribution in [-0.2, 0) is 11.2 Å². The third-order valence-corrected chi connectivity index (χ3v) is 7.02. The molecule has 0 saturated carbocycles. The SMILES string of the molecule is COc1ccc(CCN2C(=O)C(=Cc3c(NCCCO)nc4c(C)cccn4c3=O)SC2=S)cc1. The van der Waals surface area contributed by atoms with E-state index in [-0.39, 0.29) is 23.6 Å². The number of anilines is 1. The Kier molecular flexibility index (Phi) is 7.84. The standard InChI is InChI=1S/C25H26N4O4S2/c1-16-5-3-12-28-22(16)27-21(26-11-4-14-30)19(23(28)31)15-20-24(32)29(25(34)35-20)13-10-17-6-8-18(33-2)9-7-17/h3,5-9,12,15,26,30H,4,10-11,13-14H2,1-2H3. The number of thiocarbonyl (C=S) groups is 1. The number of benzene rings is 1. The maximum atomic E-state index is 13.4. The van der Waals surface area contributed by atoms with Crippen molar-refractivity contribution in [3.63, 3.8) is 0 Å². The lowest BCUT2D eigenvalue weighted by molar-refractivity contribution is -0.122. The van der Waals surface area contributed by atoms with Crippen LogP contribution in [0.2, 0.25) is 0 Å². The van der Waals surface area contributed by atoms with E-state index in [1.54, 1.807) is 30.3 Å². The first-order chi connectivity index (χ1) is 16.9. The average Bonchev–Trinajstić information content (AvgIpc) is 3.13. The number of aromatic nitrogens is 2. The first kappa shape index (κ1) is 24.9. The van der Waals surface area contributed by atoms with E-state index in [1.165, 1.54) is 16.2 Å². The fourth-order valence-electron chi connectivity index (χ4n) is 3.72. The second-order valence-electron chi connectivity index (χ2n) is 8.00. The molecule has 0 spiro atoms. The van der Waals surface area contributed by atoms with Gasteiger partial charge in [-0.15, -0.1) is 0 Å². The minimum Gasteiger partial charge on any atom is -0.497 e. The van der Waals surface area contributed by atoms with Crippen LogP contribution >= 0.6 is 24.0 Å². The number of amides is 1. The van der Waals surface area contributed by atoms with Crippen molar-refractivity contribution in [3.8, 4) is 5.75 Å². The van der Waals surface area contributed by atoms with E-state index in [4.69, 9.17) is 22.1 Å². The predicted octanol–water partition coefficient (Wildman–Crippen LogP) is 3.25. The van der Waals surface area contributed by atoms with Gasteiger partial charge in [0.2, 0.25) is 0 Å². The van der Waals surface area contributed by atoms with Gasteiger partial charge in [0.25, 0.3) is 11.5 Å². The van der Waals surface area contributed by atoms with E-state index in [9.17, 15) is 9.59 Å². The molecule has 2 aromatic heterocycles. The summed E-state index contributed by atoms with van der Waals surface area (Å²) in [5.41, 5.74) is 2.45. The maximum absolute atomic E-state index is 13.4. The summed E-state index contributed by atoms with van der Waals surface area (Å²) in [4.78, 5) is 33.1. The third-order valence-electron chi connectivity index (χ3n) is 5.64. The molecular formula is C25H26N4O4S2. The van der Waals surface area contributed by atoms with Crippen molar-refractivity contribution in [2.24, 2.45) is 0 Å². The summed E-state index contributed by atoms with van der Waals surface area (Å²) in [6.45, 7) is 2.77. The summed E-state index contributed by atoms with van der Waals surface area (Å²) in [5.74, 6) is 0.918. The molecule has 10 heteroatoms. The number of methoxy groups -OCH3 is 1. The van der Waals surface area contributed by atoms with Crippen LogP contribution in [0.25, 0.3) is 11.7 Å². The summed E-state index contributed by atoms with van der Waals surface area (Å²) in [7, 11) is 1.62. The largest absolute Gasteiger partial charge is 0.497 e. The Morgan fingerprint density at radius 2 is 2.00 bits per heavy atom. The van der Waals surface area contributed by atoms with Crippen LogP contribution in [0.15, 0.2) is 52.3 Å². The zero-order chi connectivity index (χ0) is 24.9. The zero-order valence-corrected chi connectivity index (χ0v) is 21.1. The van der Waals surface area contributed by atoms with Gasteiger partial charge in [-0.1, -0.05) is 42.2 Å². The van der Waals surface area contributed by atoms with Crippen LogP contribution in [-0.4, -0.2) is 56.4 Å². The normalized spacial score (nSPS) is 14.8. The lowest BCUT2D eigenvalue weighted by atomic mass is 10.1. The number of carbonyl (C=O) groups is 1. The fraction of sp³-hybridized carbons (Fsp3) is 0.280. The number of aliphatic hydroxyl groups excluding tert-OH is 1. The Morgan fingerprint density at radius 3 is 2.71 bits per heavy atom. The average molecular weight is 511 g/mol. The molecule has 8 nitrogen and oxygen atoms in total. The number of fused-ring (bicyclic) bond motifs is 1. The molecule has 2 N–H and O–H groups in total. The Balaban J connectivity index is 1.63. The lowest BCUT2D eigenvalue weighted by Crippen LogP contribution is -2.30. The van der Waals surface area contributed by atoms with Gasteiger partial charge < -0.3 is 15.2 Å². The number of nitrogens with zero attached hydrogens (tertiary/aromatic N) is 3. The predicted molar refractivity (Wildman–Crippen MR) is 143 cm³/mol. The Labute approximate surface area is 212 Å². The Bertz CT molecular complexity index is 1350. The van der Waals surface area contributed by atoms with E-state index in [1.807, 2.05) is 37.3 Å². The first-order valence-electron chi connectivity index (χ1n) is 11.2. The molecule has 1 saturated heterocycles. The smallest absolute Gasteiger partial charge is 0.267 e. The molecule has 4 rings (SSSR count). The van der Waals surface area contributed by atoms with Gasteiger partial charge in [0, 0.05) is 25.9 Å². The highest BCUT2D eigenvalue weighted by Gasteiger charge is 2.32. The minimum atomic E-state index is -0.284. The van der Waals surface area contributed by atoms with Gasteiger partial charge in [-0.05, 0) is 55.2 Å². The van der Waals surface area contributed by atoms with Gasteiger partial charge in [-0.2, -0.15) is 0 Å². The second kappa shape index (κ2) is 11.0. The molecule has 1 aromatic carbocycles. The summed E-state index contributed by atoms with van der Waals surface area (Å²) in [5, 5.41) is 12.3. The van der Waals surface area contributed by atoms with Gasteiger partial charge in [-0.25, -0.2) is 4.98 Å². The molecule has 0 aliphatic carbocycles. The number of aliphatic hydroxyl groups is 1. The first-order valence-corrected chi connectivity index (χ1v) is 12.4. The number of nitrogens with one attached hydrogen (secondary N) is 1. The molecule has 35 heavy (non-hydrogen) atoms. The van der Waals surface area contributed by atoms with E-state index < -0.39 is 0 Å². The van der Waals surface area contributed by atoms with Crippen molar-refractivity contribution >= 4 is 51.7 Å². The summed E-state index contributed by atoms with van der Waals surface area (Å²) in [6.07, 6.45) is 4.36. The quantitative estimate of drug-likeness (QED) is 0.257. The monoisotopic (exact) mass is 510 g/mol. The molecule has 0 bridgehead atoms. The topological polar surface area (TPSA) is 96.2 Å². The lowest BCUT2D eigenvalue weighted by Gasteiger charge is -2.14. The van der Waals surface area contributed by atoms with E-state index in [0.717, 1.165) is 16.9 Å². The molecule has 0 radical (unpaired) electrons. The van der Waals surface area contributed by atoms with Crippen LogP contribution in [0.4, 0.5) is 5.82 Å². The molecular weight excluding hydrogens is 484 g/mol. The number of aryl methyl sites for hydroxylation is 1. The van der Waals surface area contributed by atoms with Crippen molar-refractivity contribution in [1.82, 2.24) is 14.3 Å². The van der Waals surface area contributed by atoms with Gasteiger partial charge in [0.05, 0.1) is 17.6 Å². The van der Waals surface area contributed by atoms with Crippen molar-refractivity contribution in [3.05, 3.63) is 74.5 Å². The molecule has 0 unspecified atom stereocenters. The van der Waals surface area contributed by atoms with Crippen molar-refractivity contribution in [2.75, 3.05) is 32.1 Å². The summed E-state index contributed by atoms with van der Waals surface area (Å²) in [6, 6.07) is 11.3. The highest BCUT2D eigenvalue weighted by molar-refractivity contribution is 8.26. The number of carbonyl (C=O) groups excluding carboxylic acids is 1. The highest BCUT2D eigenvalue weighted by Crippen LogP contribution is 2.33.